The zero-order chi connectivity index (χ0) is 23.0. The topological polar surface area (TPSA) is 73.9 Å². The number of esters is 1. The lowest BCUT2D eigenvalue weighted by molar-refractivity contribution is -0.111. The first kappa shape index (κ1) is 24.5. The number of aryl methyl sites for hydroxylation is 1. The Morgan fingerprint density at radius 1 is 1.19 bits per heavy atom. The molecule has 2 aromatic rings. The van der Waals surface area contributed by atoms with E-state index >= 15 is 0 Å². The molecule has 1 amide bonds. The number of anilines is 1. The molecule has 0 spiro atoms. The molecule has 0 radical (unpaired) electrons. The average Bonchev–Trinajstić information content (AvgIpc) is 3.00. The van der Waals surface area contributed by atoms with Crippen molar-refractivity contribution in [1.29, 1.82) is 0 Å². The molecular weight excluding hydrogens is 414 g/mol. The average molecular weight is 446 g/mol. The zero-order valence-corrected chi connectivity index (χ0v) is 19.9. The summed E-state index contributed by atoms with van der Waals surface area (Å²) in [4.78, 5) is 25.7. The van der Waals surface area contributed by atoms with E-state index in [-0.39, 0.29) is 12.5 Å². The zero-order valence-electron chi connectivity index (χ0n) is 19.0. The SMILES string of the molecule is CCOC(=O)c1c(NC(=O)/C=C/c2ccc(OCCC(C)C)c(OC)c2)sc(C)c1C. The van der Waals surface area contributed by atoms with Gasteiger partial charge in [-0.05, 0) is 62.4 Å². The molecule has 2 rings (SSSR count). The molecule has 0 saturated heterocycles. The van der Waals surface area contributed by atoms with Gasteiger partial charge in [0, 0.05) is 11.0 Å². The number of benzene rings is 1. The minimum Gasteiger partial charge on any atom is -0.493 e. The van der Waals surface area contributed by atoms with E-state index in [0.717, 1.165) is 22.4 Å². The minimum absolute atomic E-state index is 0.277. The molecule has 1 aromatic heterocycles. The highest BCUT2D eigenvalue weighted by molar-refractivity contribution is 7.16. The van der Waals surface area contributed by atoms with Crippen LogP contribution < -0.4 is 14.8 Å². The number of carbonyl (C=O) groups is 2. The van der Waals surface area contributed by atoms with Gasteiger partial charge in [-0.1, -0.05) is 19.9 Å². The van der Waals surface area contributed by atoms with Gasteiger partial charge in [0.15, 0.2) is 11.5 Å². The predicted octanol–water partition coefficient (Wildman–Crippen LogP) is 5.63. The summed E-state index contributed by atoms with van der Waals surface area (Å²) in [5.74, 6) is 1.09. The Balaban J connectivity index is 2.10. The molecule has 7 heteroatoms. The molecule has 168 valence electrons. The van der Waals surface area contributed by atoms with Gasteiger partial charge in [0.2, 0.25) is 5.91 Å². The molecule has 31 heavy (non-hydrogen) atoms. The van der Waals surface area contributed by atoms with Gasteiger partial charge in [-0.2, -0.15) is 0 Å². The van der Waals surface area contributed by atoms with E-state index in [1.807, 2.05) is 32.0 Å². The molecule has 1 aromatic carbocycles. The maximum absolute atomic E-state index is 12.5. The third-order valence-electron chi connectivity index (χ3n) is 4.67. The first-order valence-electron chi connectivity index (χ1n) is 10.3. The normalized spacial score (nSPS) is 11.1. The fourth-order valence-corrected chi connectivity index (χ4v) is 3.85. The van der Waals surface area contributed by atoms with Gasteiger partial charge in [-0.15, -0.1) is 11.3 Å². The summed E-state index contributed by atoms with van der Waals surface area (Å²) in [6.07, 6.45) is 4.07. The Labute approximate surface area is 188 Å². The van der Waals surface area contributed by atoms with Crippen LogP contribution in [0.1, 0.15) is 53.6 Å². The van der Waals surface area contributed by atoms with Crippen LogP contribution in [0.4, 0.5) is 5.00 Å². The van der Waals surface area contributed by atoms with E-state index in [2.05, 4.69) is 19.2 Å². The second kappa shape index (κ2) is 11.6. The summed E-state index contributed by atoms with van der Waals surface area (Å²) in [6, 6.07) is 5.51. The highest BCUT2D eigenvalue weighted by atomic mass is 32.1. The van der Waals surface area contributed by atoms with Crippen LogP contribution in [0.5, 0.6) is 11.5 Å². The van der Waals surface area contributed by atoms with Crippen LogP contribution in [0.2, 0.25) is 0 Å². The van der Waals surface area contributed by atoms with E-state index < -0.39 is 5.97 Å². The van der Waals surface area contributed by atoms with Crippen LogP contribution in [-0.4, -0.2) is 32.2 Å². The number of amides is 1. The number of hydrogen-bond acceptors (Lipinski definition) is 6. The molecule has 0 unspecified atom stereocenters. The van der Waals surface area contributed by atoms with Gasteiger partial charge in [-0.3, -0.25) is 4.79 Å². The first-order chi connectivity index (χ1) is 14.8. The van der Waals surface area contributed by atoms with Crippen LogP contribution in [0.25, 0.3) is 6.08 Å². The van der Waals surface area contributed by atoms with E-state index in [9.17, 15) is 9.59 Å². The molecular formula is C24H31NO5S. The molecule has 0 fully saturated rings. The van der Waals surface area contributed by atoms with E-state index in [0.29, 0.717) is 34.6 Å². The second-order valence-corrected chi connectivity index (χ2v) is 8.70. The Hall–Kier alpha value is -2.80. The van der Waals surface area contributed by atoms with Crippen molar-refractivity contribution >= 4 is 34.3 Å². The van der Waals surface area contributed by atoms with Crippen molar-refractivity contribution in [3.8, 4) is 11.5 Å². The lowest BCUT2D eigenvalue weighted by Crippen LogP contribution is -2.12. The van der Waals surface area contributed by atoms with Crippen molar-refractivity contribution in [2.45, 2.75) is 41.0 Å². The minimum atomic E-state index is -0.429. The monoisotopic (exact) mass is 445 g/mol. The highest BCUT2D eigenvalue weighted by Gasteiger charge is 2.21. The summed E-state index contributed by atoms with van der Waals surface area (Å²) in [7, 11) is 1.59. The van der Waals surface area contributed by atoms with Crippen molar-refractivity contribution in [3.05, 3.63) is 45.8 Å². The van der Waals surface area contributed by atoms with Crippen molar-refractivity contribution < 1.29 is 23.8 Å². The number of ether oxygens (including phenoxy) is 3. The number of rotatable bonds is 10. The van der Waals surface area contributed by atoms with E-state index in [1.165, 1.54) is 17.4 Å². The smallest absolute Gasteiger partial charge is 0.341 e. The van der Waals surface area contributed by atoms with Gasteiger partial charge in [0.1, 0.15) is 5.00 Å². The molecule has 0 saturated carbocycles. The summed E-state index contributed by atoms with van der Waals surface area (Å²) >= 11 is 1.36. The molecule has 0 aliphatic carbocycles. The van der Waals surface area contributed by atoms with Crippen molar-refractivity contribution in [2.24, 2.45) is 5.92 Å². The van der Waals surface area contributed by atoms with Crippen molar-refractivity contribution in [3.63, 3.8) is 0 Å². The lowest BCUT2D eigenvalue weighted by atomic mass is 10.1. The van der Waals surface area contributed by atoms with Gasteiger partial charge < -0.3 is 19.5 Å². The van der Waals surface area contributed by atoms with Gasteiger partial charge in [-0.25, -0.2) is 4.79 Å². The first-order valence-corrected chi connectivity index (χ1v) is 11.1. The van der Waals surface area contributed by atoms with Crippen molar-refractivity contribution in [2.75, 3.05) is 25.6 Å². The van der Waals surface area contributed by atoms with E-state index in [4.69, 9.17) is 14.2 Å². The summed E-state index contributed by atoms with van der Waals surface area (Å²) in [5, 5.41) is 3.29. The third kappa shape index (κ3) is 6.85. The fourth-order valence-electron chi connectivity index (χ4n) is 2.80. The highest BCUT2D eigenvalue weighted by Crippen LogP contribution is 2.33. The molecule has 0 atom stereocenters. The van der Waals surface area contributed by atoms with E-state index in [1.54, 1.807) is 20.1 Å². The molecule has 0 bridgehead atoms. The molecule has 1 heterocycles. The summed E-state index contributed by atoms with van der Waals surface area (Å²) < 4.78 is 16.3. The standard InChI is InChI=1S/C24H31NO5S/c1-7-29-24(27)22-16(4)17(5)31-23(22)25-21(26)11-9-18-8-10-19(20(14-18)28-6)30-13-12-15(2)3/h8-11,14-15H,7,12-13H2,1-6H3,(H,25,26)/b11-9+. The number of thiophene rings is 1. The van der Waals surface area contributed by atoms with Crippen LogP contribution in [-0.2, 0) is 9.53 Å². The number of methoxy groups -OCH3 is 1. The Bertz CT molecular complexity index is 946. The number of hydrogen-bond donors (Lipinski definition) is 1. The third-order valence-corrected chi connectivity index (χ3v) is 5.79. The maximum atomic E-state index is 12.5. The van der Waals surface area contributed by atoms with Gasteiger partial charge in [0.05, 0.1) is 25.9 Å². The van der Waals surface area contributed by atoms with Crippen LogP contribution >= 0.6 is 11.3 Å². The summed E-state index contributed by atoms with van der Waals surface area (Å²) in [5.41, 5.74) is 2.03. The van der Waals surface area contributed by atoms with Gasteiger partial charge in [0.25, 0.3) is 0 Å². The Morgan fingerprint density at radius 2 is 1.94 bits per heavy atom. The molecule has 6 nitrogen and oxygen atoms in total. The molecule has 0 aliphatic heterocycles. The Kier molecular flexibility index (Phi) is 9.12. The number of carbonyl (C=O) groups excluding carboxylic acids is 2. The van der Waals surface area contributed by atoms with Crippen LogP contribution in [0.15, 0.2) is 24.3 Å². The lowest BCUT2D eigenvalue weighted by Gasteiger charge is -2.12. The number of nitrogens with one attached hydrogen (secondary N) is 1. The maximum Gasteiger partial charge on any atom is 0.341 e. The van der Waals surface area contributed by atoms with Gasteiger partial charge >= 0.3 is 5.97 Å². The Morgan fingerprint density at radius 3 is 2.58 bits per heavy atom. The second-order valence-electron chi connectivity index (χ2n) is 7.47. The van der Waals surface area contributed by atoms with Crippen LogP contribution in [0, 0.1) is 19.8 Å². The quantitative estimate of drug-likeness (QED) is 0.379. The predicted molar refractivity (Wildman–Crippen MR) is 125 cm³/mol. The van der Waals surface area contributed by atoms with Crippen LogP contribution in [0.3, 0.4) is 0 Å². The van der Waals surface area contributed by atoms with Crippen molar-refractivity contribution in [1.82, 2.24) is 0 Å². The molecule has 0 aliphatic rings. The summed E-state index contributed by atoms with van der Waals surface area (Å²) in [6.45, 7) is 10.7. The molecule has 1 N–H and O–H groups in total. The fraction of sp³-hybridized carbons (Fsp3) is 0.417. The largest absolute Gasteiger partial charge is 0.493 e.